The van der Waals surface area contributed by atoms with Crippen molar-refractivity contribution in [2.75, 3.05) is 0 Å². The van der Waals surface area contributed by atoms with Crippen molar-refractivity contribution in [3.05, 3.63) is 22.6 Å². The second-order valence-corrected chi connectivity index (χ2v) is 3.30. The lowest BCUT2D eigenvalue weighted by Crippen LogP contribution is -2.42. The Morgan fingerprint density at radius 3 is 2.69 bits per heavy atom. The molecule has 3 N–H and O–H groups in total. The molecule has 8 nitrogen and oxygen atoms in total. The van der Waals surface area contributed by atoms with Crippen molar-refractivity contribution in [2.24, 2.45) is 4.99 Å². The van der Waals surface area contributed by atoms with E-state index >= 15 is 0 Å². The van der Waals surface area contributed by atoms with Crippen LogP contribution in [-0.4, -0.2) is 38.5 Å². The largest absolute Gasteiger partial charge is 0.478 e. The molecule has 9 heteroatoms. The molecule has 0 bridgehead atoms. The van der Waals surface area contributed by atoms with Crippen LogP contribution in [0, 0.1) is 0 Å². The quantitative estimate of drug-likeness (QED) is 0.475. The lowest BCUT2D eigenvalue weighted by molar-refractivity contribution is -0.132. The number of aliphatic imine (C=N–C) groups is 1. The van der Waals surface area contributed by atoms with Gasteiger partial charge in [-0.25, -0.2) is 19.6 Å². The van der Waals surface area contributed by atoms with E-state index in [-0.39, 0.29) is 16.4 Å². The molecule has 0 aromatic carbocycles. The van der Waals surface area contributed by atoms with E-state index in [4.69, 9.17) is 10.2 Å². The Hall–Kier alpha value is -2.00. The number of nitrogens with one attached hydrogen (secondary N) is 1. The van der Waals surface area contributed by atoms with E-state index in [0.717, 1.165) is 16.2 Å². The number of carbonyl (C=O) groups is 2. The number of thiol groups is 1. The molecule has 0 saturated carbocycles. The molecule has 0 radical (unpaired) electrons. The highest BCUT2D eigenvalue weighted by atomic mass is 32.1. The van der Waals surface area contributed by atoms with Crippen LogP contribution in [0.5, 0.6) is 0 Å². The van der Waals surface area contributed by atoms with Gasteiger partial charge < -0.3 is 10.2 Å². The van der Waals surface area contributed by atoms with Crippen LogP contribution in [0.25, 0.3) is 0 Å². The smallest absolute Gasteiger partial charge is 0.427 e. The number of carboxylic acid groups (broad SMARTS) is 2. The lowest BCUT2D eigenvalue weighted by Gasteiger charge is -2.23. The number of hydrogen-bond donors (Lipinski definition) is 4. The maximum absolute atomic E-state index is 10.8. The van der Waals surface area contributed by atoms with Crippen molar-refractivity contribution >= 4 is 30.9 Å². The molecule has 84 valence electrons. The van der Waals surface area contributed by atoms with E-state index in [1.54, 1.807) is 0 Å². The molecule has 2 aliphatic rings. The predicted molar refractivity (Wildman–Crippen MR) is 55.1 cm³/mol. The molecule has 1 amide bonds. The zero-order chi connectivity index (χ0) is 11.9. The summed E-state index contributed by atoms with van der Waals surface area (Å²) in [4.78, 5) is 25.2. The van der Waals surface area contributed by atoms with Gasteiger partial charge in [0.15, 0.2) is 5.82 Å². The molecular weight excluding hydrogens is 236 g/mol. The maximum atomic E-state index is 10.8. The predicted octanol–water partition coefficient (Wildman–Crippen LogP) is -0.189. The first kappa shape index (κ1) is 10.5. The number of fused-ring (bicyclic) bond motifs is 1. The first-order chi connectivity index (χ1) is 7.50. The zero-order valence-electron chi connectivity index (χ0n) is 7.65. The average Bonchev–Trinajstić information content (AvgIpc) is 2.62. The van der Waals surface area contributed by atoms with Gasteiger partial charge in [-0.2, -0.15) is 5.01 Å². The zero-order valence-corrected chi connectivity index (χ0v) is 8.55. The molecule has 0 fully saturated rings. The summed E-state index contributed by atoms with van der Waals surface area (Å²) >= 11 is 3.99. The van der Waals surface area contributed by atoms with Crippen LogP contribution >= 0.6 is 12.6 Å². The van der Waals surface area contributed by atoms with Crippen molar-refractivity contribution < 1.29 is 19.8 Å². The summed E-state index contributed by atoms with van der Waals surface area (Å²) in [6.07, 6.45) is 1.07. The lowest BCUT2D eigenvalue weighted by atomic mass is 10.3. The van der Waals surface area contributed by atoms with Gasteiger partial charge in [0.1, 0.15) is 10.6 Å². The molecule has 2 heterocycles. The van der Waals surface area contributed by atoms with Crippen LogP contribution in [0.1, 0.15) is 0 Å². The molecule has 16 heavy (non-hydrogen) atoms. The van der Waals surface area contributed by atoms with Gasteiger partial charge in [0, 0.05) is 6.21 Å². The summed E-state index contributed by atoms with van der Waals surface area (Å²) in [5.41, 5.74) is 2.27. The maximum Gasteiger partial charge on any atom is 0.427 e. The second-order valence-electron chi connectivity index (χ2n) is 2.88. The minimum Gasteiger partial charge on any atom is -0.478 e. The van der Waals surface area contributed by atoms with E-state index in [2.05, 4.69) is 23.2 Å². The van der Waals surface area contributed by atoms with Crippen molar-refractivity contribution in [3.8, 4) is 0 Å². The van der Waals surface area contributed by atoms with Crippen molar-refractivity contribution in [1.82, 2.24) is 15.6 Å². The van der Waals surface area contributed by atoms with Crippen molar-refractivity contribution in [3.63, 3.8) is 0 Å². The summed E-state index contributed by atoms with van der Waals surface area (Å²) in [6, 6.07) is 0. The SMILES string of the molecule is O=C(O)C1=C(S)N2NN(C(=O)O)C=C2N=C1. The fraction of sp³-hybridized carbons (Fsp3) is 0. The number of amides is 1. The van der Waals surface area contributed by atoms with Gasteiger partial charge in [-0.1, -0.05) is 0 Å². The van der Waals surface area contributed by atoms with Crippen LogP contribution in [0.4, 0.5) is 4.79 Å². The minimum atomic E-state index is -1.24. The van der Waals surface area contributed by atoms with Gasteiger partial charge >= 0.3 is 12.1 Å². The number of hydrazine groups is 2. The third-order valence-electron chi connectivity index (χ3n) is 1.90. The van der Waals surface area contributed by atoms with E-state index in [0.29, 0.717) is 0 Å². The van der Waals surface area contributed by atoms with Gasteiger partial charge in [-0.05, 0) is 0 Å². The molecule has 0 aromatic rings. The van der Waals surface area contributed by atoms with Gasteiger partial charge in [-0.15, -0.1) is 18.2 Å². The Labute approximate surface area is 94.5 Å². The van der Waals surface area contributed by atoms with E-state index < -0.39 is 12.1 Å². The average molecular weight is 242 g/mol. The Morgan fingerprint density at radius 1 is 1.44 bits per heavy atom. The summed E-state index contributed by atoms with van der Waals surface area (Å²) in [5.74, 6) is -0.944. The number of aliphatic carboxylic acids is 1. The first-order valence-electron chi connectivity index (χ1n) is 4.01. The molecule has 0 aromatic heterocycles. The van der Waals surface area contributed by atoms with Crippen LogP contribution in [0.2, 0.25) is 0 Å². The minimum absolute atomic E-state index is 0.0671. The molecule has 0 unspecified atom stereocenters. The molecule has 2 rings (SSSR count). The second kappa shape index (κ2) is 3.54. The molecule has 0 spiro atoms. The van der Waals surface area contributed by atoms with Crippen LogP contribution in [0.3, 0.4) is 0 Å². The summed E-state index contributed by atoms with van der Waals surface area (Å²) in [6.45, 7) is 0. The van der Waals surface area contributed by atoms with E-state index in [1.165, 1.54) is 6.20 Å². The van der Waals surface area contributed by atoms with Crippen molar-refractivity contribution in [2.45, 2.75) is 0 Å². The van der Waals surface area contributed by atoms with Gasteiger partial charge in [0.2, 0.25) is 0 Å². The molecular formula is C7H6N4O4S. The third-order valence-corrected chi connectivity index (χ3v) is 2.34. The monoisotopic (exact) mass is 242 g/mol. The Bertz CT molecular complexity index is 469. The Morgan fingerprint density at radius 2 is 2.12 bits per heavy atom. The van der Waals surface area contributed by atoms with Gasteiger partial charge in [0.05, 0.1) is 6.20 Å². The topological polar surface area (TPSA) is 105 Å². The summed E-state index contributed by atoms with van der Waals surface area (Å²) in [7, 11) is 0. The Kier molecular flexibility index (Phi) is 2.33. The fourth-order valence-electron chi connectivity index (χ4n) is 1.17. The normalized spacial score (nSPS) is 18.7. The number of carboxylic acids is 1. The molecule has 0 atom stereocenters. The molecule has 2 aliphatic heterocycles. The van der Waals surface area contributed by atoms with Crippen LogP contribution < -0.4 is 5.53 Å². The first-order valence-corrected chi connectivity index (χ1v) is 4.46. The Balaban J connectivity index is 2.34. The number of hydrogen-bond acceptors (Lipinski definition) is 6. The van der Waals surface area contributed by atoms with E-state index in [9.17, 15) is 9.59 Å². The summed E-state index contributed by atoms with van der Waals surface area (Å²) < 4.78 is 0. The highest BCUT2D eigenvalue weighted by Crippen LogP contribution is 2.26. The number of nitrogens with zero attached hydrogens (tertiary/aromatic N) is 3. The molecule has 0 saturated heterocycles. The third kappa shape index (κ3) is 1.51. The summed E-state index contributed by atoms with van der Waals surface area (Å²) in [5, 5.41) is 19.5. The van der Waals surface area contributed by atoms with Gasteiger partial charge in [-0.3, -0.25) is 0 Å². The standard InChI is InChI=1S/C7H6N4O4S/c12-6(13)3-1-8-4-2-10(7(14)15)9-11(4)5(3)16/h1-2,9,16H,(H,12,13)(H,14,15). The van der Waals surface area contributed by atoms with Crippen LogP contribution in [0.15, 0.2) is 27.6 Å². The van der Waals surface area contributed by atoms with Crippen LogP contribution in [-0.2, 0) is 4.79 Å². The fourth-order valence-corrected chi connectivity index (χ4v) is 1.47. The molecule has 0 aliphatic carbocycles. The van der Waals surface area contributed by atoms with E-state index in [1.807, 2.05) is 0 Å². The number of rotatable bonds is 1. The van der Waals surface area contributed by atoms with Gasteiger partial charge in [0.25, 0.3) is 0 Å². The van der Waals surface area contributed by atoms with Crippen molar-refractivity contribution in [1.29, 1.82) is 0 Å². The highest BCUT2D eigenvalue weighted by molar-refractivity contribution is 7.84. The highest BCUT2D eigenvalue weighted by Gasteiger charge is 2.31.